The van der Waals surface area contributed by atoms with Crippen molar-refractivity contribution in [2.24, 2.45) is 0 Å². The Morgan fingerprint density at radius 2 is 1.87 bits per heavy atom. The van der Waals surface area contributed by atoms with Crippen molar-refractivity contribution < 1.29 is 9.59 Å². The van der Waals surface area contributed by atoms with Crippen LogP contribution < -0.4 is 5.32 Å². The molecule has 2 amide bonds. The Morgan fingerprint density at radius 1 is 1.17 bits per heavy atom. The Kier molecular flexibility index (Phi) is 6.01. The van der Waals surface area contributed by atoms with E-state index in [2.05, 4.69) is 10.3 Å². The van der Waals surface area contributed by atoms with E-state index < -0.39 is 0 Å². The van der Waals surface area contributed by atoms with Gasteiger partial charge in [0.1, 0.15) is 4.32 Å². The molecule has 150 valence electrons. The van der Waals surface area contributed by atoms with Crippen molar-refractivity contribution >= 4 is 74.3 Å². The lowest BCUT2D eigenvalue weighted by Gasteiger charge is -2.04. The van der Waals surface area contributed by atoms with Gasteiger partial charge in [-0.3, -0.25) is 19.8 Å². The number of aromatic nitrogens is 1. The molecule has 0 radical (unpaired) electrons. The summed E-state index contributed by atoms with van der Waals surface area (Å²) in [5.41, 5.74) is 3.02. The monoisotopic (exact) mass is 471 g/mol. The molecule has 0 saturated carbocycles. The number of hydrogen-bond acceptors (Lipinski definition) is 6. The third-order valence-electron chi connectivity index (χ3n) is 4.32. The second-order valence-corrected chi connectivity index (χ2v) is 9.33. The zero-order chi connectivity index (χ0) is 21.3. The molecule has 3 aromatic rings. The minimum Gasteiger partial charge on any atom is -0.298 e. The van der Waals surface area contributed by atoms with Crippen molar-refractivity contribution in [2.45, 2.75) is 0 Å². The van der Waals surface area contributed by atoms with Crippen molar-refractivity contribution in [1.29, 1.82) is 0 Å². The molecule has 0 unspecified atom stereocenters. The van der Waals surface area contributed by atoms with Gasteiger partial charge in [0.25, 0.3) is 11.8 Å². The van der Waals surface area contributed by atoms with Crippen molar-refractivity contribution in [1.82, 2.24) is 9.88 Å². The average Bonchev–Trinajstić information content (AvgIpc) is 3.30. The van der Waals surface area contributed by atoms with E-state index in [1.807, 2.05) is 17.5 Å². The van der Waals surface area contributed by atoms with Gasteiger partial charge in [0.05, 0.1) is 10.6 Å². The van der Waals surface area contributed by atoms with Gasteiger partial charge in [-0.25, -0.2) is 4.98 Å². The summed E-state index contributed by atoms with van der Waals surface area (Å²) in [6.07, 6.45) is 1.77. The molecule has 1 aromatic heterocycles. The molecule has 0 atom stereocenters. The highest BCUT2D eigenvalue weighted by molar-refractivity contribution is 8.26. The normalized spacial score (nSPS) is 15.1. The molecule has 0 spiro atoms. The lowest BCUT2D eigenvalue weighted by molar-refractivity contribution is -0.121. The molecule has 2 heterocycles. The van der Waals surface area contributed by atoms with E-state index in [1.54, 1.807) is 49.5 Å². The van der Waals surface area contributed by atoms with E-state index in [0.29, 0.717) is 24.9 Å². The van der Waals surface area contributed by atoms with Crippen LogP contribution in [0.2, 0.25) is 5.02 Å². The zero-order valence-electron chi connectivity index (χ0n) is 15.6. The highest BCUT2D eigenvalue weighted by Crippen LogP contribution is 2.31. The number of hydrogen-bond donors (Lipinski definition) is 1. The van der Waals surface area contributed by atoms with Crippen LogP contribution >= 0.6 is 46.9 Å². The van der Waals surface area contributed by atoms with Gasteiger partial charge < -0.3 is 0 Å². The molecule has 1 aliphatic heterocycles. The molecular formula is C21H14ClN3O2S3. The Labute approximate surface area is 191 Å². The lowest BCUT2D eigenvalue weighted by Crippen LogP contribution is -2.22. The summed E-state index contributed by atoms with van der Waals surface area (Å²) in [7, 11) is 1.66. The van der Waals surface area contributed by atoms with Crippen LogP contribution in [0.4, 0.5) is 5.13 Å². The van der Waals surface area contributed by atoms with E-state index in [0.717, 1.165) is 16.8 Å². The van der Waals surface area contributed by atoms with Gasteiger partial charge in [-0.2, -0.15) is 0 Å². The third-order valence-corrected chi connectivity index (χ3v) is 6.82. The number of thioether (sulfide) groups is 1. The van der Waals surface area contributed by atoms with Crippen LogP contribution in [0, 0.1) is 0 Å². The van der Waals surface area contributed by atoms with Crippen LogP contribution in [-0.4, -0.2) is 33.1 Å². The summed E-state index contributed by atoms with van der Waals surface area (Å²) in [5.74, 6) is -0.370. The van der Waals surface area contributed by atoms with E-state index >= 15 is 0 Å². The van der Waals surface area contributed by atoms with Crippen LogP contribution in [0.15, 0.2) is 58.8 Å². The summed E-state index contributed by atoms with van der Waals surface area (Å²) in [4.78, 5) is 31.1. The number of benzene rings is 2. The second kappa shape index (κ2) is 8.69. The first-order chi connectivity index (χ1) is 14.4. The Balaban J connectivity index is 1.44. The molecule has 5 nitrogen and oxygen atoms in total. The molecular weight excluding hydrogens is 458 g/mol. The molecule has 0 aliphatic carbocycles. The summed E-state index contributed by atoms with van der Waals surface area (Å²) in [6, 6.07) is 14.4. The largest absolute Gasteiger partial charge is 0.298 e. The Bertz CT molecular complexity index is 1170. The molecule has 30 heavy (non-hydrogen) atoms. The number of anilines is 1. The van der Waals surface area contributed by atoms with Crippen LogP contribution in [0.25, 0.3) is 17.3 Å². The minimum absolute atomic E-state index is 0.118. The number of thiocarbonyl (C=S) groups is 1. The molecule has 1 aliphatic rings. The number of nitrogens with zero attached hydrogens (tertiary/aromatic N) is 2. The number of nitrogens with one attached hydrogen (secondary N) is 1. The quantitative estimate of drug-likeness (QED) is 0.399. The number of thiazole rings is 1. The highest BCUT2D eigenvalue weighted by Gasteiger charge is 2.28. The van der Waals surface area contributed by atoms with E-state index in [9.17, 15) is 9.59 Å². The first kappa shape index (κ1) is 20.7. The van der Waals surface area contributed by atoms with Gasteiger partial charge in [-0.1, -0.05) is 59.8 Å². The van der Waals surface area contributed by atoms with Gasteiger partial charge in [0, 0.05) is 28.6 Å². The number of amides is 2. The summed E-state index contributed by atoms with van der Waals surface area (Å²) in [6.45, 7) is 0. The Hall–Kier alpha value is -2.52. The summed E-state index contributed by atoms with van der Waals surface area (Å²) in [5, 5.41) is 5.87. The van der Waals surface area contributed by atoms with Crippen LogP contribution in [0.5, 0.6) is 0 Å². The molecule has 2 aromatic carbocycles. The van der Waals surface area contributed by atoms with Crippen molar-refractivity contribution in [2.75, 3.05) is 12.4 Å². The topological polar surface area (TPSA) is 62.3 Å². The van der Waals surface area contributed by atoms with Crippen molar-refractivity contribution in [3.8, 4) is 11.3 Å². The SMILES string of the molecule is CN1C(=O)C(=Cc2ccc(C(=O)Nc3nc(-c4ccc(Cl)cc4)cs3)cc2)SC1=S. The fraction of sp³-hybridized carbons (Fsp3) is 0.0476. The number of halogens is 1. The van der Waals surface area contributed by atoms with Gasteiger partial charge in [0.2, 0.25) is 0 Å². The predicted molar refractivity (Wildman–Crippen MR) is 128 cm³/mol. The van der Waals surface area contributed by atoms with Crippen LogP contribution in [0.3, 0.4) is 0 Å². The first-order valence-electron chi connectivity index (χ1n) is 8.75. The maximum Gasteiger partial charge on any atom is 0.265 e. The van der Waals surface area contributed by atoms with Crippen molar-refractivity contribution in [3.05, 3.63) is 75.0 Å². The molecule has 1 fully saturated rings. The van der Waals surface area contributed by atoms with Crippen LogP contribution in [0.1, 0.15) is 15.9 Å². The van der Waals surface area contributed by atoms with Gasteiger partial charge in [0.15, 0.2) is 5.13 Å². The van der Waals surface area contributed by atoms with E-state index in [4.69, 9.17) is 23.8 Å². The highest BCUT2D eigenvalue weighted by atomic mass is 35.5. The van der Waals surface area contributed by atoms with Gasteiger partial charge in [-0.15, -0.1) is 11.3 Å². The smallest absolute Gasteiger partial charge is 0.265 e. The zero-order valence-corrected chi connectivity index (χ0v) is 18.8. The molecule has 0 bridgehead atoms. The standard InChI is InChI=1S/C21H14ClN3O2S3/c1-25-19(27)17(30-21(25)28)10-12-2-4-14(5-3-12)18(26)24-20-23-16(11-29-20)13-6-8-15(22)9-7-13/h2-11H,1H3,(H,23,24,26). The van der Waals surface area contributed by atoms with Gasteiger partial charge >= 0.3 is 0 Å². The average molecular weight is 472 g/mol. The molecule has 4 rings (SSSR count). The Morgan fingerprint density at radius 3 is 2.50 bits per heavy atom. The number of likely N-dealkylation sites (N-methyl/N-ethyl adjacent to an activating group) is 1. The molecule has 1 N–H and O–H groups in total. The van der Waals surface area contributed by atoms with Crippen LogP contribution in [-0.2, 0) is 4.79 Å². The van der Waals surface area contributed by atoms with Crippen molar-refractivity contribution in [3.63, 3.8) is 0 Å². The second-order valence-electron chi connectivity index (χ2n) is 6.36. The van der Waals surface area contributed by atoms with E-state index in [-0.39, 0.29) is 11.8 Å². The lowest BCUT2D eigenvalue weighted by atomic mass is 10.1. The molecule has 1 saturated heterocycles. The number of carbonyl (C=O) groups is 2. The minimum atomic E-state index is -0.251. The first-order valence-corrected chi connectivity index (χ1v) is 11.2. The number of carbonyl (C=O) groups excluding carboxylic acids is 2. The maximum absolute atomic E-state index is 12.5. The maximum atomic E-state index is 12.5. The van der Waals surface area contributed by atoms with Gasteiger partial charge in [-0.05, 0) is 35.9 Å². The third kappa shape index (κ3) is 4.46. The van der Waals surface area contributed by atoms with E-state index in [1.165, 1.54) is 28.0 Å². The fourth-order valence-corrected chi connectivity index (χ4v) is 4.70. The number of rotatable bonds is 4. The summed E-state index contributed by atoms with van der Waals surface area (Å²) >= 11 is 13.7. The summed E-state index contributed by atoms with van der Waals surface area (Å²) < 4.78 is 0.531. The predicted octanol–water partition coefficient (Wildman–Crippen LogP) is 5.55. The fourth-order valence-electron chi connectivity index (χ4n) is 2.68. The molecule has 9 heteroatoms.